The molecule has 0 aliphatic heterocycles. The van der Waals surface area contributed by atoms with Gasteiger partial charge in [-0.3, -0.25) is 0 Å². The molecule has 3 aromatic carbocycles. The zero-order valence-electron chi connectivity index (χ0n) is 21.3. The molecule has 0 aromatic heterocycles. The van der Waals surface area contributed by atoms with Gasteiger partial charge in [0.1, 0.15) is 11.5 Å². The third-order valence-corrected chi connectivity index (χ3v) is 5.54. The van der Waals surface area contributed by atoms with Crippen molar-refractivity contribution in [1.82, 2.24) is 0 Å². The number of rotatable bonds is 10. The van der Waals surface area contributed by atoms with E-state index in [-0.39, 0.29) is 0 Å². The monoisotopic (exact) mass is 484 g/mol. The molecule has 0 heterocycles. The number of esters is 2. The second-order valence-electron chi connectivity index (χ2n) is 8.35. The fraction of sp³-hybridized carbons (Fsp3) is 0.200. The second kappa shape index (κ2) is 11.9. The van der Waals surface area contributed by atoms with Gasteiger partial charge in [0.25, 0.3) is 0 Å². The maximum Gasteiger partial charge on any atom is 0.338 e. The molecule has 186 valence electrons. The molecule has 6 heteroatoms. The van der Waals surface area contributed by atoms with E-state index in [4.69, 9.17) is 9.47 Å². The molecule has 0 fully saturated rings. The number of ether oxygens (including phenoxy) is 2. The molecule has 0 unspecified atom stereocenters. The van der Waals surface area contributed by atoms with E-state index in [0.717, 1.165) is 35.8 Å². The van der Waals surface area contributed by atoms with Crippen molar-refractivity contribution in [3.05, 3.63) is 97.1 Å². The molecular weight excluding hydrogens is 452 g/mol. The van der Waals surface area contributed by atoms with Crippen molar-refractivity contribution in [2.45, 2.75) is 27.7 Å². The highest BCUT2D eigenvalue weighted by Gasteiger charge is 2.15. The summed E-state index contributed by atoms with van der Waals surface area (Å²) < 4.78 is 10.7. The van der Waals surface area contributed by atoms with E-state index in [1.165, 1.54) is 0 Å². The maximum atomic E-state index is 11.9. The first-order chi connectivity index (χ1) is 17.2. The van der Waals surface area contributed by atoms with Gasteiger partial charge < -0.3 is 19.3 Å². The summed E-state index contributed by atoms with van der Waals surface area (Å²) in [5, 5.41) is 0. The Hall–Kier alpha value is -4.32. The summed E-state index contributed by atoms with van der Waals surface area (Å²) in [5.41, 5.74) is 4.50. The van der Waals surface area contributed by atoms with Crippen molar-refractivity contribution in [3.63, 3.8) is 0 Å². The third kappa shape index (κ3) is 6.42. The molecule has 0 saturated carbocycles. The number of nitrogens with zero attached hydrogens (tertiary/aromatic N) is 2. The van der Waals surface area contributed by atoms with Crippen molar-refractivity contribution < 1.29 is 19.1 Å². The quantitative estimate of drug-likeness (QED) is 0.176. The van der Waals surface area contributed by atoms with Gasteiger partial charge in [-0.1, -0.05) is 13.2 Å². The van der Waals surface area contributed by atoms with E-state index in [9.17, 15) is 9.59 Å². The molecule has 0 radical (unpaired) electrons. The van der Waals surface area contributed by atoms with Gasteiger partial charge in [-0.15, -0.1) is 0 Å². The summed E-state index contributed by atoms with van der Waals surface area (Å²) in [6.07, 6.45) is 0. The predicted molar refractivity (Wildman–Crippen MR) is 146 cm³/mol. The number of hydrogen-bond acceptors (Lipinski definition) is 6. The van der Waals surface area contributed by atoms with Crippen LogP contribution >= 0.6 is 0 Å². The molecule has 3 rings (SSSR count). The Balaban J connectivity index is 1.97. The Morgan fingerprint density at radius 3 is 1.22 bits per heavy atom. The van der Waals surface area contributed by atoms with E-state index in [2.05, 4.69) is 61.1 Å². The largest absolute Gasteiger partial charge is 0.423 e. The van der Waals surface area contributed by atoms with Gasteiger partial charge in [0.15, 0.2) is 0 Å². The minimum Gasteiger partial charge on any atom is -0.423 e. The number of anilines is 4. The van der Waals surface area contributed by atoms with Gasteiger partial charge in [-0.2, -0.15) is 0 Å². The van der Waals surface area contributed by atoms with Crippen LogP contribution in [-0.2, 0) is 9.59 Å². The smallest absolute Gasteiger partial charge is 0.338 e. The summed E-state index contributed by atoms with van der Waals surface area (Å²) in [6, 6.07) is 22.9. The van der Waals surface area contributed by atoms with Crippen LogP contribution in [0.1, 0.15) is 27.7 Å². The molecule has 0 N–H and O–H groups in total. The molecular formula is C30H32N2O4. The van der Waals surface area contributed by atoms with Crippen LogP contribution in [0.3, 0.4) is 0 Å². The molecule has 3 aromatic rings. The lowest BCUT2D eigenvalue weighted by Crippen LogP contribution is -2.21. The number of benzene rings is 3. The van der Waals surface area contributed by atoms with E-state index < -0.39 is 11.9 Å². The van der Waals surface area contributed by atoms with Crippen LogP contribution in [-0.4, -0.2) is 25.0 Å². The van der Waals surface area contributed by atoms with E-state index >= 15 is 0 Å². The van der Waals surface area contributed by atoms with Gasteiger partial charge in [0.05, 0.1) is 0 Å². The van der Waals surface area contributed by atoms with Crippen molar-refractivity contribution in [2.24, 2.45) is 0 Å². The number of carbonyl (C=O) groups is 2. The first kappa shape index (κ1) is 26.3. The van der Waals surface area contributed by atoms with Crippen molar-refractivity contribution in [1.29, 1.82) is 0 Å². The summed E-state index contributed by atoms with van der Waals surface area (Å²) >= 11 is 0. The minimum atomic E-state index is -0.466. The lowest BCUT2D eigenvalue weighted by Gasteiger charge is -2.27. The van der Waals surface area contributed by atoms with Crippen LogP contribution < -0.4 is 19.3 Å². The van der Waals surface area contributed by atoms with E-state index in [1.54, 1.807) is 38.1 Å². The lowest BCUT2D eigenvalue weighted by molar-refractivity contribution is -0.130. The molecule has 0 amide bonds. The lowest BCUT2D eigenvalue weighted by atomic mass is 10.1. The zero-order chi connectivity index (χ0) is 26.2. The van der Waals surface area contributed by atoms with Gasteiger partial charge in [0, 0.05) is 47.0 Å². The van der Waals surface area contributed by atoms with Crippen LogP contribution in [0.25, 0.3) is 0 Å². The molecule has 0 aliphatic rings. The highest BCUT2D eigenvalue weighted by molar-refractivity contribution is 5.89. The first-order valence-electron chi connectivity index (χ1n) is 11.8. The molecule has 0 spiro atoms. The van der Waals surface area contributed by atoms with Crippen LogP contribution in [0.5, 0.6) is 11.5 Å². The van der Waals surface area contributed by atoms with Crippen molar-refractivity contribution in [3.8, 4) is 11.5 Å². The van der Waals surface area contributed by atoms with Crippen molar-refractivity contribution >= 4 is 34.7 Å². The summed E-state index contributed by atoms with van der Waals surface area (Å²) in [7, 11) is 0. The first-order valence-corrected chi connectivity index (χ1v) is 11.8. The Morgan fingerprint density at radius 2 is 0.917 bits per heavy atom. The SMILES string of the molecule is C=C(C)C(=O)Oc1ccc(N(c2ccc(OC(=O)C(=C)C)cc2)c2ccc(N(CC)CC)cc2)cc1. The Kier molecular flexibility index (Phi) is 8.68. The van der Waals surface area contributed by atoms with Crippen LogP contribution in [0.15, 0.2) is 97.1 Å². The number of hydrogen-bond donors (Lipinski definition) is 0. The zero-order valence-corrected chi connectivity index (χ0v) is 21.3. The third-order valence-electron chi connectivity index (χ3n) is 5.54. The summed E-state index contributed by atoms with van der Waals surface area (Å²) in [5.74, 6) is -0.0609. The minimum absolute atomic E-state index is 0.335. The van der Waals surface area contributed by atoms with Gasteiger partial charge >= 0.3 is 11.9 Å². The van der Waals surface area contributed by atoms with E-state index in [1.807, 2.05) is 24.3 Å². The average molecular weight is 485 g/mol. The summed E-state index contributed by atoms with van der Waals surface area (Å²) in [4.78, 5) is 28.1. The fourth-order valence-electron chi connectivity index (χ4n) is 3.56. The topological polar surface area (TPSA) is 59.1 Å². The van der Waals surface area contributed by atoms with Gasteiger partial charge in [-0.05, 0) is 100 Å². The molecule has 0 saturated heterocycles. The second-order valence-corrected chi connectivity index (χ2v) is 8.35. The average Bonchev–Trinajstić information content (AvgIpc) is 2.87. The molecule has 0 aliphatic carbocycles. The Bertz CT molecular complexity index is 1150. The van der Waals surface area contributed by atoms with Crippen LogP contribution in [0.4, 0.5) is 22.7 Å². The van der Waals surface area contributed by atoms with Gasteiger partial charge in [0.2, 0.25) is 0 Å². The van der Waals surface area contributed by atoms with Crippen molar-refractivity contribution in [2.75, 3.05) is 22.9 Å². The Labute approximate surface area is 213 Å². The van der Waals surface area contributed by atoms with Gasteiger partial charge in [-0.25, -0.2) is 9.59 Å². The predicted octanol–water partition coefficient (Wildman–Crippen LogP) is 6.97. The molecule has 36 heavy (non-hydrogen) atoms. The highest BCUT2D eigenvalue weighted by Crippen LogP contribution is 2.37. The normalized spacial score (nSPS) is 10.3. The van der Waals surface area contributed by atoms with Crippen LogP contribution in [0, 0.1) is 0 Å². The molecule has 6 nitrogen and oxygen atoms in total. The Morgan fingerprint density at radius 1 is 0.611 bits per heavy atom. The standard InChI is InChI=1S/C30H32N2O4/c1-7-31(8-2)23-9-11-24(12-10-23)32(25-13-17-27(18-14-25)35-29(33)21(3)4)26-15-19-28(20-16-26)36-30(34)22(5)6/h9-20H,3,5,7-8H2,1-2,4,6H3. The maximum absolute atomic E-state index is 11.9. The van der Waals surface area contributed by atoms with Crippen LogP contribution in [0.2, 0.25) is 0 Å². The fourth-order valence-corrected chi connectivity index (χ4v) is 3.56. The number of carbonyl (C=O) groups excluding carboxylic acids is 2. The van der Waals surface area contributed by atoms with E-state index in [0.29, 0.717) is 22.6 Å². The molecule has 0 atom stereocenters. The summed E-state index contributed by atoms with van der Waals surface area (Å²) in [6.45, 7) is 16.6. The highest BCUT2D eigenvalue weighted by atomic mass is 16.5. The molecule has 0 bridgehead atoms.